The van der Waals surface area contributed by atoms with Gasteiger partial charge in [-0.25, -0.2) is 0 Å². The van der Waals surface area contributed by atoms with Gasteiger partial charge in [-0.2, -0.15) is 0 Å². The van der Waals surface area contributed by atoms with Crippen LogP contribution in [0.25, 0.3) is 21.9 Å². The molecular formula is C18H15NO5. The first-order valence-electron chi connectivity index (χ1n) is 7.62. The van der Waals surface area contributed by atoms with Crippen LogP contribution in [0.2, 0.25) is 0 Å². The molecule has 0 spiro atoms. The molecule has 1 aliphatic rings. The number of hydroxylamine groups is 2. The number of furan rings is 1. The number of imide groups is 1. The van der Waals surface area contributed by atoms with E-state index >= 15 is 0 Å². The van der Waals surface area contributed by atoms with Crippen LogP contribution in [0.15, 0.2) is 22.6 Å². The molecule has 2 aromatic carbocycles. The van der Waals surface area contributed by atoms with Gasteiger partial charge in [0, 0.05) is 22.4 Å². The Hall–Kier alpha value is -2.86. The van der Waals surface area contributed by atoms with Crippen LogP contribution >= 0.6 is 0 Å². The van der Waals surface area contributed by atoms with Crippen molar-refractivity contribution in [2.24, 2.45) is 0 Å². The van der Waals surface area contributed by atoms with E-state index in [0.717, 1.165) is 10.8 Å². The zero-order valence-corrected chi connectivity index (χ0v) is 13.5. The molecule has 0 saturated carbocycles. The highest BCUT2D eigenvalue weighted by atomic mass is 16.5. The highest BCUT2D eigenvalue weighted by molar-refractivity contribution is 6.26. The highest BCUT2D eigenvalue weighted by Gasteiger charge is 2.40. The summed E-state index contributed by atoms with van der Waals surface area (Å²) in [6.07, 6.45) is 0.503. The number of ether oxygens (including phenoxy) is 1. The maximum absolute atomic E-state index is 12.3. The third-order valence-electron chi connectivity index (χ3n) is 4.64. The second-order valence-corrected chi connectivity index (χ2v) is 5.80. The van der Waals surface area contributed by atoms with Crippen molar-refractivity contribution < 1.29 is 24.0 Å². The van der Waals surface area contributed by atoms with Crippen molar-refractivity contribution in [2.75, 3.05) is 7.11 Å². The van der Waals surface area contributed by atoms with Crippen LogP contribution in [-0.4, -0.2) is 29.2 Å². The smallest absolute Gasteiger partial charge is 0.286 e. The van der Waals surface area contributed by atoms with Gasteiger partial charge >= 0.3 is 0 Å². The minimum absolute atomic E-state index is 0.181. The van der Waals surface area contributed by atoms with Crippen molar-refractivity contribution >= 4 is 33.8 Å². The first-order chi connectivity index (χ1) is 11.5. The summed E-state index contributed by atoms with van der Waals surface area (Å²) in [5.41, 5.74) is 2.97. The molecular weight excluding hydrogens is 310 g/mol. The summed E-state index contributed by atoms with van der Waals surface area (Å²) in [4.78, 5) is 24.6. The standard InChI is InChI=1S/C18H15NO5/c1-4-10-15-14(17(20)19(22)18(15)21)8(2)13-11-6-5-9(23-3)7-12(11)24-16(10)13/h5-7,22H,4H2,1-3H3. The minimum atomic E-state index is -0.699. The fraction of sp³-hybridized carbons (Fsp3) is 0.222. The molecule has 0 atom stereocenters. The Morgan fingerprint density at radius 1 is 1.21 bits per heavy atom. The second-order valence-electron chi connectivity index (χ2n) is 5.80. The predicted molar refractivity (Wildman–Crippen MR) is 86.7 cm³/mol. The van der Waals surface area contributed by atoms with Crippen molar-refractivity contribution in [2.45, 2.75) is 20.3 Å². The van der Waals surface area contributed by atoms with Gasteiger partial charge in [-0.1, -0.05) is 6.92 Å². The van der Waals surface area contributed by atoms with E-state index in [1.54, 1.807) is 20.1 Å². The zero-order valence-electron chi connectivity index (χ0n) is 13.5. The maximum atomic E-state index is 12.3. The van der Waals surface area contributed by atoms with Gasteiger partial charge in [-0.3, -0.25) is 14.8 Å². The topological polar surface area (TPSA) is 80.0 Å². The van der Waals surface area contributed by atoms with E-state index in [2.05, 4.69) is 0 Å². The van der Waals surface area contributed by atoms with E-state index in [4.69, 9.17) is 9.15 Å². The largest absolute Gasteiger partial charge is 0.497 e. The van der Waals surface area contributed by atoms with Crippen molar-refractivity contribution in [3.05, 3.63) is 40.5 Å². The normalized spacial score (nSPS) is 14.1. The number of nitrogens with zero attached hydrogens (tertiary/aromatic N) is 1. The highest BCUT2D eigenvalue weighted by Crippen LogP contribution is 2.41. The molecule has 0 radical (unpaired) electrons. The molecule has 2 heterocycles. The summed E-state index contributed by atoms with van der Waals surface area (Å²) in [6.45, 7) is 3.65. The summed E-state index contributed by atoms with van der Waals surface area (Å²) >= 11 is 0. The Morgan fingerprint density at radius 3 is 2.58 bits per heavy atom. The van der Waals surface area contributed by atoms with Gasteiger partial charge in [0.15, 0.2) is 0 Å². The van der Waals surface area contributed by atoms with E-state index < -0.39 is 11.8 Å². The molecule has 6 nitrogen and oxygen atoms in total. The number of aryl methyl sites for hydroxylation is 2. The van der Waals surface area contributed by atoms with Crippen LogP contribution in [0.1, 0.15) is 38.8 Å². The summed E-state index contributed by atoms with van der Waals surface area (Å²) in [7, 11) is 1.58. The van der Waals surface area contributed by atoms with Gasteiger partial charge in [0.05, 0.1) is 18.2 Å². The molecule has 0 unspecified atom stereocenters. The molecule has 4 rings (SSSR count). The molecule has 1 N–H and O–H groups in total. The van der Waals surface area contributed by atoms with Gasteiger partial charge in [0.2, 0.25) is 0 Å². The number of amides is 2. The van der Waals surface area contributed by atoms with E-state index in [1.165, 1.54) is 0 Å². The molecule has 3 aromatic rings. The van der Waals surface area contributed by atoms with Crippen LogP contribution in [-0.2, 0) is 6.42 Å². The first kappa shape index (κ1) is 14.7. The molecule has 1 aliphatic heterocycles. The monoisotopic (exact) mass is 325 g/mol. The maximum Gasteiger partial charge on any atom is 0.286 e. The third-order valence-corrected chi connectivity index (χ3v) is 4.64. The molecule has 1 aromatic heterocycles. The van der Waals surface area contributed by atoms with Crippen LogP contribution in [0.4, 0.5) is 0 Å². The van der Waals surface area contributed by atoms with Gasteiger partial charge in [-0.15, -0.1) is 5.06 Å². The average molecular weight is 325 g/mol. The number of rotatable bonds is 2. The molecule has 24 heavy (non-hydrogen) atoms. The lowest BCUT2D eigenvalue weighted by molar-refractivity contribution is -0.0327. The van der Waals surface area contributed by atoms with Crippen molar-refractivity contribution in [3.63, 3.8) is 0 Å². The Morgan fingerprint density at radius 2 is 1.92 bits per heavy atom. The minimum Gasteiger partial charge on any atom is -0.497 e. The quantitative estimate of drug-likeness (QED) is 0.576. The van der Waals surface area contributed by atoms with Crippen LogP contribution in [0.5, 0.6) is 5.75 Å². The van der Waals surface area contributed by atoms with Crippen molar-refractivity contribution in [1.82, 2.24) is 5.06 Å². The Kier molecular flexibility index (Phi) is 2.95. The molecule has 6 heteroatoms. The van der Waals surface area contributed by atoms with Crippen LogP contribution < -0.4 is 4.74 Å². The lowest BCUT2D eigenvalue weighted by Gasteiger charge is -2.08. The fourth-order valence-corrected chi connectivity index (χ4v) is 3.51. The number of benzene rings is 2. The van der Waals surface area contributed by atoms with Gasteiger partial charge in [-0.05, 0) is 31.0 Å². The van der Waals surface area contributed by atoms with Crippen LogP contribution in [0, 0.1) is 6.92 Å². The fourth-order valence-electron chi connectivity index (χ4n) is 3.51. The van der Waals surface area contributed by atoms with Crippen LogP contribution in [0.3, 0.4) is 0 Å². The zero-order chi connectivity index (χ0) is 17.2. The Balaban J connectivity index is 2.21. The Bertz CT molecular complexity index is 1050. The van der Waals surface area contributed by atoms with Gasteiger partial charge in [0.25, 0.3) is 11.8 Å². The number of fused-ring (bicyclic) bond motifs is 4. The van der Waals surface area contributed by atoms with E-state index in [1.807, 2.05) is 19.1 Å². The summed E-state index contributed by atoms with van der Waals surface area (Å²) < 4.78 is 11.2. The second kappa shape index (κ2) is 4.82. The lowest BCUT2D eigenvalue weighted by atomic mass is 9.92. The summed E-state index contributed by atoms with van der Waals surface area (Å²) in [6, 6.07) is 5.47. The van der Waals surface area contributed by atoms with Gasteiger partial charge < -0.3 is 9.15 Å². The molecule has 0 fully saturated rings. The lowest BCUT2D eigenvalue weighted by Crippen LogP contribution is -2.25. The summed E-state index contributed by atoms with van der Waals surface area (Å²) in [5.74, 6) is -0.722. The SMILES string of the molecule is CCc1c2c(c(C)c3c1oc1cc(OC)ccc13)C(=O)N(O)C2=O. The Labute approximate surface area is 137 Å². The van der Waals surface area contributed by atoms with Crippen molar-refractivity contribution in [3.8, 4) is 5.75 Å². The number of carbonyl (C=O) groups excluding carboxylic acids is 2. The number of methoxy groups -OCH3 is 1. The molecule has 2 amide bonds. The average Bonchev–Trinajstić information content (AvgIpc) is 3.07. The molecule has 122 valence electrons. The van der Waals surface area contributed by atoms with E-state index in [0.29, 0.717) is 34.5 Å². The predicted octanol–water partition coefficient (Wildman–Crippen LogP) is 3.45. The summed E-state index contributed by atoms with van der Waals surface area (Å²) in [5, 5.41) is 11.6. The third kappa shape index (κ3) is 1.63. The molecule has 0 aliphatic carbocycles. The number of hydrogen-bond donors (Lipinski definition) is 1. The van der Waals surface area contributed by atoms with E-state index in [9.17, 15) is 14.8 Å². The van der Waals surface area contributed by atoms with E-state index in [-0.39, 0.29) is 16.2 Å². The molecule has 0 saturated heterocycles. The number of carbonyl (C=O) groups is 2. The van der Waals surface area contributed by atoms with Crippen molar-refractivity contribution in [1.29, 1.82) is 0 Å². The first-order valence-corrected chi connectivity index (χ1v) is 7.62. The van der Waals surface area contributed by atoms with Gasteiger partial charge in [0.1, 0.15) is 16.9 Å². The number of hydrogen-bond acceptors (Lipinski definition) is 5. The molecule has 0 bridgehead atoms.